The zero-order chi connectivity index (χ0) is 11.1. The summed E-state index contributed by atoms with van der Waals surface area (Å²) >= 11 is 1.66. The Labute approximate surface area is 94.3 Å². The van der Waals surface area contributed by atoms with Gasteiger partial charge in [0.2, 0.25) is 5.91 Å². The number of hydrogen-bond donors (Lipinski definition) is 1. The number of aliphatic hydroxyl groups is 1. The van der Waals surface area contributed by atoms with Crippen LogP contribution in [0.1, 0.15) is 24.6 Å². The molecule has 1 aromatic rings. The molecule has 1 heterocycles. The molecule has 0 aliphatic carbocycles. The maximum absolute atomic E-state index is 11.7. The molecule has 1 rings (SSSR count). The molecule has 1 N–H and O–H groups in total. The van der Waals surface area contributed by atoms with Crippen LogP contribution < -0.4 is 0 Å². The van der Waals surface area contributed by atoms with Gasteiger partial charge in [-0.15, -0.1) is 11.3 Å². The van der Waals surface area contributed by atoms with E-state index in [-0.39, 0.29) is 12.5 Å². The predicted octanol–water partition coefficient (Wildman–Crippen LogP) is 1.87. The minimum Gasteiger partial charge on any atom is -0.396 e. The fourth-order valence-corrected chi connectivity index (χ4v) is 2.07. The second-order valence-electron chi connectivity index (χ2n) is 3.31. The van der Waals surface area contributed by atoms with E-state index in [1.54, 1.807) is 11.3 Å². The first kappa shape index (κ1) is 12.2. The van der Waals surface area contributed by atoms with Crippen LogP contribution in [0.4, 0.5) is 0 Å². The normalized spacial score (nSPS) is 10.3. The Kier molecular flexibility index (Phi) is 5.36. The molecule has 0 saturated heterocycles. The molecule has 1 amide bonds. The van der Waals surface area contributed by atoms with Crippen LogP contribution in [0.15, 0.2) is 17.5 Å². The summed E-state index contributed by atoms with van der Waals surface area (Å²) in [5.74, 6) is 0.125. The van der Waals surface area contributed by atoms with Gasteiger partial charge in [-0.05, 0) is 24.8 Å². The summed E-state index contributed by atoms with van der Waals surface area (Å²) in [5.41, 5.74) is 0. The Morgan fingerprint density at radius 2 is 2.40 bits per heavy atom. The highest BCUT2D eigenvalue weighted by molar-refractivity contribution is 7.09. The van der Waals surface area contributed by atoms with E-state index in [0.717, 1.165) is 6.54 Å². The van der Waals surface area contributed by atoms with E-state index in [4.69, 9.17) is 5.11 Å². The Balaban J connectivity index is 2.44. The van der Waals surface area contributed by atoms with Crippen LogP contribution in [0.3, 0.4) is 0 Å². The molecular weight excluding hydrogens is 210 g/mol. The van der Waals surface area contributed by atoms with E-state index in [1.807, 2.05) is 29.3 Å². The lowest BCUT2D eigenvalue weighted by atomic mass is 10.2. The lowest BCUT2D eigenvalue weighted by Gasteiger charge is -2.19. The molecule has 1 aromatic heterocycles. The first-order chi connectivity index (χ1) is 7.27. The molecule has 0 bridgehead atoms. The summed E-state index contributed by atoms with van der Waals surface area (Å²) in [7, 11) is 0. The molecule has 0 aliphatic heterocycles. The predicted molar refractivity (Wildman–Crippen MR) is 61.7 cm³/mol. The topological polar surface area (TPSA) is 40.5 Å². The first-order valence-electron chi connectivity index (χ1n) is 5.19. The smallest absolute Gasteiger partial charge is 0.222 e. The third kappa shape index (κ3) is 4.01. The summed E-state index contributed by atoms with van der Waals surface area (Å²) in [4.78, 5) is 14.7. The second-order valence-corrected chi connectivity index (χ2v) is 4.35. The summed E-state index contributed by atoms with van der Waals surface area (Å²) in [5, 5.41) is 10.7. The maximum Gasteiger partial charge on any atom is 0.222 e. The molecule has 0 aliphatic rings. The summed E-state index contributed by atoms with van der Waals surface area (Å²) in [6, 6.07) is 4.03. The molecule has 15 heavy (non-hydrogen) atoms. The van der Waals surface area contributed by atoms with Gasteiger partial charge < -0.3 is 10.0 Å². The fourth-order valence-electron chi connectivity index (χ4n) is 1.36. The van der Waals surface area contributed by atoms with Crippen LogP contribution in [0, 0.1) is 0 Å². The van der Waals surface area contributed by atoms with E-state index in [0.29, 0.717) is 19.4 Å². The highest BCUT2D eigenvalue weighted by Crippen LogP contribution is 2.12. The first-order valence-corrected chi connectivity index (χ1v) is 6.07. The quantitative estimate of drug-likeness (QED) is 0.806. The Morgan fingerprint density at radius 1 is 1.60 bits per heavy atom. The van der Waals surface area contributed by atoms with E-state index in [1.165, 1.54) is 4.88 Å². The minimum absolute atomic E-state index is 0.0856. The number of aliphatic hydroxyl groups excluding tert-OH is 1. The number of rotatable bonds is 6. The summed E-state index contributed by atoms with van der Waals surface area (Å²) in [6.07, 6.45) is 0.996. The van der Waals surface area contributed by atoms with E-state index < -0.39 is 0 Å². The van der Waals surface area contributed by atoms with E-state index in [9.17, 15) is 4.79 Å². The standard InChI is InChI=1S/C11H17NO2S/c1-2-12(11(14)6-3-7-13)9-10-5-4-8-15-10/h4-5,8,13H,2-3,6-7,9H2,1H3. The van der Waals surface area contributed by atoms with Crippen LogP contribution in [-0.4, -0.2) is 29.1 Å². The third-order valence-corrected chi connectivity index (χ3v) is 3.07. The van der Waals surface area contributed by atoms with Gasteiger partial charge in [-0.25, -0.2) is 0 Å². The number of carbonyl (C=O) groups excluding carboxylic acids is 1. The molecular formula is C11H17NO2S. The zero-order valence-corrected chi connectivity index (χ0v) is 9.80. The second kappa shape index (κ2) is 6.58. The lowest BCUT2D eigenvalue weighted by Crippen LogP contribution is -2.29. The minimum atomic E-state index is 0.0856. The molecule has 84 valence electrons. The highest BCUT2D eigenvalue weighted by Gasteiger charge is 2.11. The SMILES string of the molecule is CCN(Cc1cccs1)C(=O)CCCO. The van der Waals surface area contributed by atoms with Gasteiger partial charge >= 0.3 is 0 Å². The van der Waals surface area contributed by atoms with Crippen molar-refractivity contribution in [2.24, 2.45) is 0 Å². The van der Waals surface area contributed by atoms with Gasteiger partial charge in [-0.3, -0.25) is 4.79 Å². The monoisotopic (exact) mass is 227 g/mol. The molecule has 0 fully saturated rings. The van der Waals surface area contributed by atoms with Gasteiger partial charge in [0.25, 0.3) is 0 Å². The molecule has 3 nitrogen and oxygen atoms in total. The van der Waals surface area contributed by atoms with Crippen LogP contribution in [0.2, 0.25) is 0 Å². The van der Waals surface area contributed by atoms with E-state index >= 15 is 0 Å². The summed E-state index contributed by atoms with van der Waals surface area (Å²) in [6.45, 7) is 3.48. The molecule has 0 saturated carbocycles. The van der Waals surface area contributed by atoms with Crippen LogP contribution in [-0.2, 0) is 11.3 Å². The van der Waals surface area contributed by atoms with Crippen molar-refractivity contribution in [1.29, 1.82) is 0 Å². The van der Waals surface area contributed by atoms with Crippen LogP contribution >= 0.6 is 11.3 Å². The van der Waals surface area contributed by atoms with Crippen molar-refractivity contribution in [3.63, 3.8) is 0 Å². The van der Waals surface area contributed by atoms with Crippen LogP contribution in [0.25, 0.3) is 0 Å². The van der Waals surface area contributed by atoms with Crippen molar-refractivity contribution in [2.45, 2.75) is 26.3 Å². The largest absolute Gasteiger partial charge is 0.396 e. The molecule has 0 atom stereocenters. The van der Waals surface area contributed by atoms with Crippen molar-refractivity contribution >= 4 is 17.2 Å². The van der Waals surface area contributed by atoms with Crippen molar-refractivity contribution in [2.75, 3.05) is 13.2 Å². The summed E-state index contributed by atoms with van der Waals surface area (Å²) < 4.78 is 0. The van der Waals surface area contributed by atoms with Crippen molar-refractivity contribution < 1.29 is 9.90 Å². The Morgan fingerprint density at radius 3 is 2.93 bits per heavy atom. The average molecular weight is 227 g/mol. The zero-order valence-electron chi connectivity index (χ0n) is 8.98. The van der Waals surface area contributed by atoms with Crippen molar-refractivity contribution in [3.8, 4) is 0 Å². The van der Waals surface area contributed by atoms with Crippen LogP contribution in [0.5, 0.6) is 0 Å². The number of carbonyl (C=O) groups is 1. The van der Waals surface area contributed by atoms with Gasteiger partial charge in [0.1, 0.15) is 0 Å². The third-order valence-electron chi connectivity index (χ3n) is 2.21. The van der Waals surface area contributed by atoms with Gasteiger partial charge in [0.05, 0.1) is 6.54 Å². The fraction of sp³-hybridized carbons (Fsp3) is 0.545. The molecule has 4 heteroatoms. The van der Waals surface area contributed by atoms with Gasteiger partial charge in [0.15, 0.2) is 0 Å². The number of thiophene rings is 1. The average Bonchev–Trinajstić information content (AvgIpc) is 2.75. The van der Waals surface area contributed by atoms with Gasteiger partial charge in [0, 0.05) is 24.4 Å². The molecule has 0 unspecified atom stereocenters. The Bertz CT molecular complexity index is 285. The lowest BCUT2D eigenvalue weighted by molar-refractivity contribution is -0.131. The van der Waals surface area contributed by atoms with Crippen molar-refractivity contribution in [1.82, 2.24) is 4.90 Å². The molecule has 0 aromatic carbocycles. The highest BCUT2D eigenvalue weighted by atomic mass is 32.1. The number of hydrogen-bond acceptors (Lipinski definition) is 3. The molecule has 0 radical (unpaired) electrons. The van der Waals surface area contributed by atoms with Crippen molar-refractivity contribution in [3.05, 3.63) is 22.4 Å². The van der Waals surface area contributed by atoms with Gasteiger partial charge in [-0.2, -0.15) is 0 Å². The number of nitrogens with zero attached hydrogens (tertiary/aromatic N) is 1. The van der Waals surface area contributed by atoms with Gasteiger partial charge in [-0.1, -0.05) is 6.07 Å². The van der Waals surface area contributed by atoms with E-state index in [2.05, 4.69) is 0 Å². The Hall–Kier alpha value is -0.870. The maximum atomic E-state index is 11.7. The number of amides is 1. The molecule has 0 spiro atoms.